The van der Waals surface area contributed by atoms with Gasteiger partial charge in [0.15, 0.2) is 5.78 Å². The molecule has 1 aliphatic rings. The van der Waals surface area contributed by atoms with E-state index < -0.39 is 6.04 Å². The van der Waals surface area contributed by atoms with Crippen molar-refractivity contribution in [3.8, 4) is 0 Å². The normalized spacial score (nSPS) is 15.6. The van der Waals surface area contributed by atoms with Gasteiger partial charge in [-0.2, -0.15) is 0 Å². The van der Waals surface area contributed by atoms with Crippen molar-refractivity contribution in [3.63, 3.8) is 0 Å². The molecule has 2 amide bonds. The number of ketones is 2. The number of Topliss-reactive ketones (excluding diaryl/α,β-unsaturated/α-hetero) is 2. The summed E-state index contributed by atoms with van der Waals surface area (Å²) in [6.45, 7) is 7.09. The maximum atomic E-state index is 13.0. The van der Waals surface area contributed by atoms with Crippen LogP contribution in [0.3, 0.4) is 0 Å². The Bertz CT molecular complexity index is 818. The third-order valence-corrected chi connectivity index (χ3v) is 5.99. The molecule has 2 rings (SSSR count). The van der Waals surface area contributed by atoms with Crippen LogP contribution in [0.4, 0.5) is 5.69 Å². The van der Waals surface area contributed by atoms with Gasteiger partial charge in [0.05, 0.1) is 6.54 Å². The number of nitrogens with one attached hydrogen (secondary N) is 2. The molecule has 1 aromatic rings. The molecule has 0 aromatic heterocycles. The van der Waals surface area contributed by atoms with E-state index in [1.54, 1.807) is 24.3 Å². The summed E-state index contributed by atoms with van der Waals surface area (Å²) in [6, 6.07) is 6.11. The van der Waals surface area contributed by atoms with Gasteiger partial charge in [-0.3, -0.25) is 24.1 Å². The topological polar surface area (TPSA) is 98.8 Å². The number of piperazine rings is 1. The first kappa shape index (κ1) is 26.7. The molecule has 1 aromatic carbocycles. The largest absolute Gasteiger partial charge is 0.343 e. The number of benzene rings is 1. The van der Waals surface area contributed by atoms with E-state index in [9.17, 15) is 19.2 Å². The molecule has 1 fully saturated rings. The van der Waals surface area contributed by atoms with E-state index in [2.05, 4.69) is 27.5 Å². The summed E-state index contributed by atoms with van der Waals surface area (Å²) in [4.78, 5) is 53.1. The van der Waals surface area contributed by atoms with E-state index >= 15 is 0 Å². The van der Waals surface area contributed by atoms with Crippen molar-refractivity contribution >= 4 is 29.1 Å². The Balaban J connectivity index is 1.95. The summed E-state index contributed by atoms with van der Waals surface area (Å²) < 4.78 is 0. The number of unbranched alkanes of at least 4 members (excludes halogenated alkanes) is 2. The van der Waals surface area contributed by atoms with Gasteiger partial charge >= 0.3 is 0 Å². The van der Waals surface area contributed by atoms with Gasteiger partial charge in [-0.25, -0.2) is 0 Å². The van der Waals surface area contributed by atoms with Crippen molar-refractivity contribution in [2.45, 2.75) is 58.4 Å². The monoisotopic (exact) mass is 458 g/mol. The molecule has 1 heterocycles. The average molecular weight is 459 g/mol. The lowest BCUT2D eigenvalue weighted by molar-refractivity contribution is -0.127. The van der Waals surface area contributed by atoms with E-state index in [-0.39, 0.29) is 29.9 Å². The van der Waals surface area contributed by atoms with Crippen LogP contribution in [0.1, 0.15) is 62.7 Å². The van der Waals surface area contributed by atoms with Crippen LogP contribution in [0.5, 0.6) is 0 Å². The highest BCUT2D eigenvalue weighted by atomic mass is 16.2. The lowest BCUT2D eigenvalue weighted by Gasteiger charge is -2.32. The van der Waals surface area contributed by atoms with E-state index in [0.717, 1.165) is 45.4 Å². The number of carbonyl (C=O) groups excluding carboxylic acids is 4. The lowest BCUT2D eigenvalue weighted by atomic mass is 10.0. The Labute approximate surface area is 197 Å². The fourth-order valence-corrected chi connectivity index (χ4v) is 3.79. The lowest BCUT2D eigenvalue weighted by Crippen LogP contribution is -2.51. The highest BCUT2D eigenvalue weighted by Gasteiger charge is 2.23. The Morgan fingerprint density at radius 3 is 2.42 bits per heavy atom. The van der Waals surface area contributed by atoms with Crippen molar-refractivity contribution in [1.82, 2.24) is 15.1 Å². The van der Waals surface area contributed by atoms with Gasteiger partial charge in [0, 0.05) is 50.3 Å². The molecular formula is C25H38N4O4. The summed E-state index contributed by atoms with van der Waals surface area (Å²) in [5.41, 5.74) is 1.05. The number of likely N-dealkylation sites (N-methyl/N-ethyl adjacent to an activating group) is 1. The molecule has 33 heavy (non-hydrogen) atoms. The van der Waals surface area contributed by atoms with Crippen LogP contribution in [-0.4, -0.2) is 79.0 Å². The zero-order valence-corrected chi connectivity index (χ0v) is 20.2. The molecule has 1 unspecified atom stereocenters. The highest BCUT2D eigenvalue weighted by Crippen LogP contribution is 2.14. The first-order valence-electron chi connectivity index (χ1n) is 11.9. The Morgan fingerprint density at radius 1 is 1.03 bits per heavy atom. The maximum absolute atomic E-state index is 13.0. The predicted octanol–water partition coefficient (Wildman–Crippen LogP) is 2.49. The molecule has 0 spiro atoms. The van der Waals surface area contributed by atoms with Crippen LogP contribution in [0.25, 0.3) is 0 Å². The molecule has 182 valence electrons. The van der Waals surface area contributed by atoms with Crippen molar-refractivity contribution in [2.24, 2.45) is 0 Å². The van der Waals surface area contributed by atoms with Crippen molar-refractivity contribution < 1.29 is 19.2 Å². The van der Waals surface area contributed by atoms with Crippen LogP contribution in [-0.2, 0) is 14.4 Å². The molecule has 8 nitrogen and oxygen atoms in total. The quantitative estimate of drug-likeness (QED) is 0.348. The van der Waals surface area contributed by atoms with Gasteiger partial charge in [0.2, 0.25) is 11.8 Å². The summed E-state index contributed by atoms with van der Waals surface area (Å²) in [5.74, 6) is -0.301. The highest BCUT2D eigenvalue weighted by molar-refractivity contribution is 5.99. The van der Waals surface area contributed by atoms with Crippen LogP contribution in [0.15, 0.2) is 24.3 Å². The molecule has 0 radical (unpaired) electrons. The van der Waals surface area contributed by atoms with Gasteiger partial charge in [0.25, 0.3) is 0 Å². The van der Waals surface area contributed by atoms with Crippen molar-refractivity contribution in [2.75, 3.05) is 45.1 Å². The van der Waals surface area contributed by atoms with Crippen molar-refractivity contribution in [3.05, 3.63) is 29.8 Å². The molecule has 1 saturated heterocycles. The Kier molecular flexibility index (Phi) is 11.2. The van der Waals surface area contributed by atoms with Crippen LogP contribution in [0.2, 0.25) is 0 Å². The second-order valence-corrected chi connectivity index (χ2v) is 8.82. The fraction of sp³-hybridized carbons (Fsp3) is 0.600. The molecule has 0 saturated carbocycles. The number of carbonyl (C=O) groups is 4. The minimum Gasteiger partial charge on any atom is -0.343 e. The third kappa shape index (κ3) is 9.84. The van der Waals surface area contributed by atoms with Gasteiger partial charge in [-0.1, -0.05) is 31.9 Å². The number of nitrogens with zero attached hydrogens (tertiary/aromatic N) is 2. The summed E-state index contributed by atoms with van der Waals surface area (Å²) in [7, 11) is 2.06. The second kappa shape index (κ2) is 13.9. The van der Waals surface area contributed by atoms with Gasteiger partial charge in [0.1, 0.15) is 11.8 Å². The zero-order chi connectivity index (χ0) is 24.2. The number of hydrogen-bond acceptors (Lipinski definition) is 6. The third-order valence-electron chi connectivity index (χ3n) is 5.99. The summed E-state index contributed by atoms with van der Waals surface area (Å²) >= 11 is 0. The minimum absolute atomic E-state index is 0.0789. The first-order valence-corrected chi connectivity index (χ1v) is 11.9. The SMILES string of the molecule is CCC(=O)CCCCCC(NC(=O)CN1CCN(C)CC1)C(=O)Nc1cccc(C(C)=O)c1. The van der Waals surface area contributed by atoms with Gasteiger partial charge < -0.3 is 15.5 Å². The van der Waals surface area contributed by atoms with E-state index in [4.69, 9.17) is 0 Å². The van der Waals surface area contributed by atoms with E-state index in [1.807, 2.05) is 6.92 Å². The number of rotatable bonds is 13. The zero-order valence-electron chi connectivity index (χ0n) is 20.2. The number of amides is 2. The Morgan fingerprint density at radius 2 is 1.76 bits per heavy atom. The van der Waals surface area contributed by atoms with E-state index in [0.29, 0.717) is 30.5 Å². The van der Waals surface area contributed by atoms with Crippen LogP contribution < -0.4 is 10.6 Å². The second-order valence-electron chi connectivity index (χ2n) is 8.82. The number of anilines is 1. The molecule has 0 aliphatic carbocycles. The van der Waals surface area contributed by atoms with Crippen LogP contribution >= 0.6 is 0 Å². The van der Waals surface area contributed by atoms with Crippen molar-refractivity contribution in [1.29, 1.82) is 0 Å². The van der Waals surface area contributed by atoms with E-state index in [1.165, 1.54) is 6.92 Å². The minimum atomic E-state index is -0.673. The summed E-state index contributed by atoms with van der Waals surface area (Å²) in [5, 5.41) is 5.74. The average Bonchev–Trinajstić information content (AvgIpc) is 2.79. The fourth-order valence-electron chi connectivity index (χ4n) is 3.79. The smallest absolute Gasteiger partial charge is 0.246 e. The summed E-state index contributed by atoms with van der Waals surface area (Å²) in [6.07, 6.45) is 3.94. The molecule has 1 aliphatic heterocycles. The van der Waals surface area contributed by atoms with Gasteiger partial charge in [-0.05, 0) is 38.9 Å². The first-order chi connectivity index (χ1) is 15.8. The molecule has 8 heteroatoms. The number of hydrogen-bond donors (Lipinski definition) is 2. The molecular weight excluding hydrogens is 420 g/mol. The molecule has 2 N–H and O–H groups in total. The van der Waals surface area contributed by atoms with Gasteiger partial charge in [-0.15, -0.1) is 0 Å². The molecule has 0 bridgehead atoms. The molecule has 1 atom stereocenters. The Hall–Kier alpha value is -2.58. The predicted molar refractivity (Wildman–Crippen MR) is 129 cm³/mol. The standard InChI is InChI=1S/C25H38N4O4/c1-4-22(31)11-6-5-7-12-23(27-24(32)18-29-15-13-28(3)14-16-29)25(33)26-21-10-8-9-20(17-21)19(2)30/h8-10,17,23H,4-7,11-16,18H2,1-3H3,(H,26,33)(H,27,32). The maximum Gasteiger partial charge on any atom is 0.246 e. The van der Waals surface area contributed by atoms with Crippen LogP contribution in [0, 0.1) is 0 Å².